The molecule has 4 nitrogen and oxygen atoms in total. The molecule has 0 bridgehead atoms. The number of hydrogen-bond acceptors (Lipinski definition) is 4. The first-order valence-electron chi connectivity index (χ1n) is 7.09. The number of rotatable bonds is 8. The van der Waals surface area contributed by atoms with Gasteiger partial charge in [-0.15, -0.1) is 0 Å². The molecule has 1 unspecified atom stereocenters. The minimum atomic E-state index is -0.00717. The Labute approximate surface area is 116 Å². The van der Waals surface area contributed by atoms with Crippen LogP contribution in [0.5, 0.6) is 0 Å². The van der Waals surface area contributed by atoms with Crippen molar-refractivity contribution in [2.75, 3.05) is 26.8 Å². The smallest absolute Gasteiger partial charge is 0.0661 e. The molecule has 0 aliphatic heterocycles. The third kappa shape index (κ3) is 3.14. The molecule has 1 heterocycles. The van der Waals surface area contributed by atoms with Crippen molar-refractivity contribution in [2.45, 2.75) is 31.8 Å². The van der Waals surface area contributed by atoms with Crippen LogP contribution in [-0.2, 0) is 11.3 Å². The van der Waals surface area contributed by atoms with Crippen molar-refractivity contribution in [3.05, 3.63) is 30.1 Å². The number of ether oxygens (including phenoxy) is 1. The minimum Gasteiger partial charge on any atom is -0.383 e. The van der Waals surface area contributed by atoms with Gasteiger partial charge in [0.05, 0.1) is 12.1 Å². The zero-order valence-corrected chi connectivity index (χ0v) is 12.0. The average Bonchev–Trinajstić information content (AvgIpc) is 3.28. The van der Waals surface area contributed by atoms with Crippen molar-refractivity contribution in [1.29, 1.82) is 0 Å². The fraction of sp³-hybridized carbons (Fsp3) is 0.667. The Morgan fingerprint density at radius 3 is 2.58 bits per heavy atom. The maximum Gasteiger partial charge on any atom is 0.0661 e. The number of hydrogen-bond donors (Lipinski definition) is 1. The van der Waals surface area contributed by atoms with Crippen molar-refractivity contribution in [2.24, 2.45) is 11.7 Å². The van der Waals surface area contributed by atoms with Gasteiger partial charge in [0.2, 0.25) is 0 Å². The number of likely N-dealkylation sites (N-methyl/N-ethyl adjacent to an activating group) is 1. The summed E-state index contributed by atoms with van der Waals surface area (Å²) in [5.41, 5.74) is 7.41. The van der Waals surface area contributed by atoms with Gasteiger partial charge in [-0.25, -0.2) is 0 Å². The van der Waals surface area contributed by atoms with Crippen molar-refractivity contribution in [1.82, 2.24) is 9.88 Å². The number of nitrogens with zero attached hydrogens (tertiary/aromatic N) is 2. The average molecular weight is 263 g/mol. The number of nitrogens with two attached hydrogens (primary N) is 1. The fourth-order valence-electron chi connectivity index (χ4n) is 2.99. The monoisotopic (exact) mass is 263 g/mol. The van der Waals surface area contributed by atoms with Crippen molar-refractivity contribution < 1.29 is 4.74 Å². The van der Waals surface area contributed by atoms with E-state index in [4.69, 9.17) is 10.5 Å². The first kappa shape index (κ1) is 14.4. The highest BCUT2D eigenvalue weighted by atomic mass is 16.5. The second kappa shape index (κ2) is 6.46. The van der Waals surface area contributed by atoms with Gasteiger partial charge in [-0.1, -0.05) is 6.92 Å². The van der Waals surface area contributed by atoms with E-state index in [0.717, 1.165) is 13.1 Å². The predicted octanol–water partition coefficient (Wildman–Crippen LogP) is 1.66. The zero-order chi connectivity index (χ0) is 13.7. The van der Waals surface area contributed by atoms with Crippen LogP contribution >= 0.6 is 0 Å². The van der Waals surface area contributed by atoms with E-state index < -0.39 is 0 Å². The number of methoxy groups -OCH3 is 1. The molecule has 2 rings (SSSR count). The van der Waals surface area contributed by atoms with E-state index in [1.807, 2.05) is 12.4 Å². The molecular formula is C15H25N3O. The van der Waals surface area contributed by atoms with Gasteiger partial charge in [-0.3, -0.25) is 9.88 Å². The van der Waals surface area contributed by atoms with E-state index in [-0.39, 0.29) is 5.54 Å². The molecule has 0 radical (unpaired) electrons. The molecule has 1 aromatic rings. The summed E-state index contributed by atoms with van der Waals surface area (Å²) >= 11 is 0. The Morgan fingerprint density at radius 2 is 2.11 bits per heavy atom. The van der Waals surface area contributed by atoms with Gasteiger partial charge in [0.15, 0.2) is 0 Å². The molecule has 1 saturated carbocycles. The van der Waals surface area contributed by atoms with Crippen LogP contribution in [0.1, 0.15) is 25.3 Å². The van der Waals surface area contributed by atoms with E-state index in [2.05, 4.69) is 28.9 Å². The lowest BCUT2D eigenvalue weighted by atomic mass is 9.91. The SMILES string of the molecule is CCN(Cc1ccncc1)C(CN)(COC)C1CC1. The Morgan fingerprint density at radius 1 is 1.42 bits per heavy atom. The van der Waals surface area contributed by atoms with E-state index in [1.165, 1.54) is 18.4 Å². The van der Waals surface area contributed by atoms with Gasteiger partial charge in [0, 0.05) is 32.6 Å². The standard InChI is InChI=1S/C15H25N3O/c1-3-18(10-13-6-8-17-9-7-13)15(11-16,12-19-2)14-4-5-14/h6-9,14H,3-5,10-12,16H2,1-2H3. The topological polar surface area (TPSA) is 51.4 Å². The lowest BCUT2D eigenvalue weighted by Gasteiger charge is -2.43. The molecule has 1 aliphatic rings. The highest BCUT2D eigenvalue weighted by Gasteiger charge is 2.47. The molecule has 1 atom stereocenters. The van der Waals surface area contributed by atoms with Crippen LogP contribution in [0.2, 0.25) is 0 Å². The minimum absolute atomic E-state index is 0.00717. The second-order valence-electron chi connectivity index (χ2n) is 5.38. The van der Waals surface area contributed by atoms with Crippen LogP contribution in [0.4, 0.5) is 0 Å². The molecule has 1 fully saturated rings. The van der Waals surface area contributed by atoms with Crippen LogP contribution in [-0.4, -0.2) is 42.2 Å². The largest absolute Gasteiger partial charge is 0.383 e. The van der Waals surface area contributed by atoms with Gasteiger partial charge < -0.3 is 10.5 Å². The van der Waals surface area contributed by atoms with Gasteiger partial charge in [0.1, 0.15) is 0 Å². The summed E-state index contributed by atoms with van der Waals surface area (Å²) in [6.07, 6.45) is 6.24. The summed E-state index contributed by atoms with van der Waals surface area (Å²) in [5.74, 6) is 0.680. The summed E-state index contributed by atoms with van der Waals surface area (Å²) in [5, 5.41) is 0. The van der Waals surface area contributed by atoms with E-state index in [9.17, 15) is 0 Å². The third-order valence-electron chi connectivity index (χ3n) is 4.22. The fourth-order valence-corrected chi connectivity index (χ4v) is 2.99. The molecule has 1 aliphatic carbocycles. The first-order valence-corrected chi connectivity index (χ1v) is 7.09. The second-order valence-corrected chi connectivity index (χ2v) is 5.38. The van der Waals surface area contributed by atoms with Crippen LogP contribution in [0.25, 0.3) is 0 Å². The van der Waals surface area contributed by atoms with E-state index in [0.29, 0.717) is 19.1 Å². The molecule has 106 valence electrons. The molecule has 19 heavy (non-hydrogen) atoms. The first-order chi connectivity index (χ1) is 9.26. The Balaban J connectivity index is 2.17. The molecule has 0 saturated heterocycles. The Hall–Kier alpha value is -0.970. The maximum absolute atomic E-state index is 6.13. The van der Waals surface area contributed by atoms with Gasteiger partial charge in [-0.05, 0) is 43.0 Å². The van der Waals surface area contributed by atoms with Crippen LogP contribution in [0, 0.1) is 5.92 Å². The molecular weight excluding hydrogens is 238 g/mol. The van der Waals surface area contributed by atoms with Gasteiger partial charge in [-0.2, -0.15) is 0 Å². The Kier molecular flexibility index (Phi) is 4.91. The molecule has 0 amide bonds. The number of aromatic nitrogens is 1. The van der Waals surface area contributed by atoms with Crippen molar-refractivity contribution in [3.8, 4) is 0 Å². The van der Waals surface area contributed by atoms with Crippen molar-refractivity contribution >= 4 is 0 Å². The van der Waals surface area contributed by atoms with Crippen LogP contribution in [0.3, 0.4) is 0 Å². The summed E-state index contributed by atoms with van der Waals surface area (Å²) in [4.78, 5) is 6.55. The lowest BCUT2D eigenvalue weighted by Crippen LogP contribution is -2.58. The highest BCUT2D eigenvalue weighted by molar-refractivity contribution is 5.12. The van der Waals surface area contributed by atoms with Gasteiger partial charge >= 0.3 is 0 Å². The summed E-state index contributed by atoms with van der Waals surface area (Å²) in [6.45, 7) is 5.47. The molecule has 0 spiro atoms. The molecule has 1 aromatic heterocycles. The zero-order valence-electron chi connectivity index (χ0n) is 12.0. The van der Waals surface area contributed by atoms with Crippen LogP contribution < -0.4 is 5.73 Å². The maximum atomic E-state index is 6.13. The molecule has 4 heteroatoms. The lowest BCUT2D eigenvalue weighted by molar-refractivity contribution is -0.00312. The van der Waals surface area contributed by atoms with Crippen molar-refractivity contribution in [3.63, 3.8) is 0 Å². The van der Waals surface area contributed by atoms with E-state index >= 15 is 0 Å². The normalized spacial score (nSPS) is 18.5. The molecule has 0 aromatic carbocycles. The summed E-state index contributed by atoms with van der Waals surface area (Å²) < 4.78 is 5.49. The third-order valence-corrected chi connectivity index (χ3v) is 4.22. The summed E-state index contributed by atoms with van der Waals surface area (Å²) in [7, 11) is 1.77. The Bertz CT molecular complexity index is 380. The predicted molar refractivity (Wildman–Crippen MR) is 76.7 cm³/mol. The highest BCUT2D eigenvalue weighted by Crippen LogP contribution is 2.43. The molecule has 2 N–H and O–H groups in total. The van der Waals surface area contributed by atoms with Gasteiger partial charge in [0.25, 0.3) is 0 Å². The quantitative estimate of drug-likeness (QED) is 0.775. The van der Waals surface area contributed by atoms with E-state index in [1.54, 1.807) is 7.11 Å². The van der Waals surface area contributed by atoms with Crippen LogP contribution in [0.15, 0.2) is 24.5 Å². The number of pyridine rings is 1. The summed E-state index contributed by atoms with van der Waals surface area (Å²) in [6, 6.07) is 4.15.